The van der Waals surface area contributed by atoms with Crippen molar-refractivity contribution in [2.45, 2.75) is 6.54 Å². The van der Waals surface area contributed by atoms with Gasteiger partial charge in [-0.25, -0.2) is 9.18 Å². The summed E-state index contributed by atoms with van der Waals surface area (Å²) in [4.78, 5) is 12.0. The van der Waals surface area contributed by atoms with Crippen LogP contribution in [0.2, 0.25) is 0 Å². The average Bonchev–Trinajstić information content (AvgIpc) is 3.24. The van der Waals surface area contributed by atoms with E-state index in [-0.39, 0.29) is 18.3 Å². The van der Waals surface area contributed by atoms with Crippen molar-refractivity contribution in [3.8, 4) is 22.7 Å². The molecule has 0 aliphatic carbocycles. The smallest absolute Gasteiger partial charge is 0.388 e. The Morgan fingerprint density at radius 1 is 1.00 bits per heavy atom. The molecule has 6 nitrogen and oxygen atoms in total. The fourth-order valence-electron chi connectivity index (χ4n) is 2.40. The second-order valence-corrected chi connectivity index (χ2v) is 5.38. The van der Waals surface area contributed by atoms with Crippen LogP contribution >= 0.6 is 0 Å². The molecule has 25 heavy (non-hydrogen) atoms. The van der Waals surface area contributed by atoms with Gasteiger partial charge >= 0.3 is 5.76 Å². The van der Waals surface area contributed by atoms with E-state index in [4.69, 9.17) is 8.94 Å². The molecule has 0 radical (unpaired) electrons. The summed E-state index contributed by atoms with van der Waals surface area (Å²) in [5, 5.41) is 8.11. The van der Waals surface area contributed by atoms with Crippen molar-refractivity contribution in [1.29, 1.82) is 0 Å². The zero-order valence-corrected chi connectivity index (χ0v) is 12.9. The maximum Gasteiger partial charge on any atom is 0.437 e. The Morgan fingerprint density at radius 2 is 1.76 bits per heavy atom. The zero-order valence-electron chi connectivity index (χ0n) is 12.9. The van der Waals surface area contributed by atoms with E-state index in [0.717, 1.165) is 10.2 Å². The number of aromatic nitrogens is 3. The maximum absolute atomic E-state index is 13.0. The highest BCUT2D eigenvalue weighted by atomic mass is 19.1. The summed E-state index contributed by atoms with van der Waals surface area (Å²) >= 11 is 0. The Hall–Kier alpha value is -3.48. The third-order valence-corrected chi connectivity index (χ3v) is 3.63. The van der Waals surface area contributed by atoms with E-state index in [9.17, 15) is 9.18 Å². The van der Waals surface area contributed by atoms with Gasteiger partial charge in [-0.3, -0.25) is 0 Å². The van der Waals surface area contributed by atoms with Gasteiger partial charge in [0.1, 0.15) is 18.1 Å². The van der Waals surface area contributed by atoms with Crippen LogP contribution in [0.15, 0.2) is 74.4 Å². The van der Waals surface area contributed by atoms with E-state index in [1.165, 1.54) is 24.3 Å². The first-order chi connectivity index (χ1) is 12.2. The Morgan fingerprint density at radius 3 is 2.52 bits per heavy atom. The van der Waals surface area contributed by atoms with E-state index in [1.54, 1.807) is 6.07 Å². The molecule has 2 aromatic carbocycles. The molecule has 0 unspecified atom stereocenters. The number of benzene rings is 2. The minimum Gasteiger partial charge on any atom is -0.388 e. The van der Waals surface area contributed by atoms with Gasteiger partial charge in [0, 0.05) is 17.2 Å². The summed E-state index contributed by atoms with van der Waals surface area (Å²) in [6.45, 7) is 0.0867. The highest BCUT2D eigenvalue weighted by Crippen LogP contribution is 2.19. The van der Waals surface area contributed by atoms with Crippen LogP contribution in [-0.4, -0.2) is 14.9 Å². The molecule has 0 saturated heterocycles. The quantitative estimate of drug-likeness (QED) is 0.571. The van der Waals surface area contributed by atoms with Crippen LogP contribution < -0.4 is 5.76 Å². The molecule has 2 heterocycles. The molecule has 124 valence electrons. The van der Waals surface area contributed by atoms with Gasteiger partial charge < -0.3 is 8.94 Å². The Kier molecular flexibility index (Phi) is 3.74. The fourth-order valence-corrected chi connectivity index (χ4v) is 2.40. The molecule has 0 aliphatic rings. The molecule has 0 fully saturated rings. The van der Waals surface area contributed by atoms with E-state index in [1.807, 2.05) is 30.3 Å². The second kappa shape index (κ2) is 6.20. The van der Waals surface area contributed by atoms with Crippen LogP contribution in [0.3, 0.4) is 0 Å². The lowest BCUT2D eigenvalue weighted by Crippen LogP contribution is -2.16. The van der Waals surface area contributed by atoms with Crippen LogP contribution in [0.25, 0.3) is 22.7 Å². The first-order valence-corrected chi connectivity index (χ1v) is 7.54. The first kappa shape index (κ1) is 15.1. The Labute approximate surface area is 141 Å². The van der Waals surface area contributed by atoms with Gasteiger partial charge in [-0.05, 0) is 24.3 Å². The molecule has 0 bridgehead atoms. The molecule has 0 amide bonds. The van der Waals surface area contributed by atoms with Gasteiger partial charge in [0.05, 0.1) is 0 Å². The minimum absolute atomic E-state index is 0.0867. The third-order valence-electron chi connectivity index (χ3n) is 3.63. The van der Waals surface area contributed by atoms with Gasteiger partial charge in [0.2, 0.25) is 5.89 Å². The molecule has 0 saturated carbocycles. The van der Waals surface area contributed by atoms with Crippen molar-refractivity contribution >= 4 is 0 Å². The largest absolute Gasteiger partial charge is 0.437 e. The van der Waals surface area contributed by atoms with Crippen molar-refractivity contribution in [3.05, 3.63) is 82.8 Å². The molecule has 7 heteroatoms. The molecule has 4 rings (SSSR count). The highest BCUT2D eigenvalue weighted by Gasteiger charge is 2.13. The van der Waals surface area contributed by atoms with Crippen LogP contribution in [0.1, 0.15) is 5.76 Å². The number of rotatable bonds is 4. The Balaban J connectivity index is 1.59. The van der Waals surface area contributed by atoms with Crippen LogP contribution in [-0.2, 0) is 6.54 Å². The number of hydrogen-bond acceptors (Lipinski definition) is 5. The molecule has 0 N–H and O–H groups in total. The summed E-state index contributed by atoms with van der Waals surface area (Å²) in [6, 6.07) is 16.8. The maximum atomic E-state index is 13.0. The molecular formula is C18H12FN3O3. The van der Waals surface area contributed by atoms with Crippen molar-refractivity contribution in [2.75, 3.05) is 0 Å². The molecule has 4 aromatic rings. The summed E-state index contributed by atoms with van der Waals surface area (Å²) in [7, 11) is 0. The van der Waals surface area contributed by atoms with Crippen LogP contribution in [0.4, 0.5) is 4.39 Å². The van der Waals surface area contributed by atoms with E-state index >= 15 is 0 Å². The van der Waals surface area contributed by atoms with Crippen LogP contribution in [0.5, 0.6) is 0 Å². The number of halogens is 1. The van der Waals surface area contributed by atoms with Crippen molar-refractivity contribution in [2.24, 2.45) is 0 Å². The lowest BCUT2D eigenvalue weighted by molar-refractivity contribution is 0.367. The van der Waals surface area contributed by atoms with Gasteiger partial charge in [0.15, 0.2) is 5.76 Å². The van der Waals surface area contributed by atoms with E-state index in [0.29, 0.717) is 17.0 Å². The van der Waals surface area contributed by atoms with E-state index < -0.39 is 5.76 Å². The zero-order chi connectivity index (χ0) is 17.2. The lowest BCUT2D eigenvalue weighted by Gasteiger charge is -1.94. The van der Waals surface area contributed by atoms with Crippen molar-refractivity contribution in [1.82, 2.24) is 14.9 Å². The minimum atomic E-state index is -0.628. The van der Waals surface area contributed by atoms with Gasteiger partial charge in [0.25, 0.3) is 0 Å². The van der Waals surface area contributed by atoms with Gasteiger partial charge in [-0.2, -0.15) is 4.68 Å². The topological polar surface area (TPSA) is 74.1 Å². The van der Waals surface area contributed by atoms with Crippen molar-refractivity contribution in [3.63, 3.8) is 0 Å². The predicted octanol–water partition coefficient (Wildman–Crippen LogP) is 3.35. The SMILES string of the molecule is O=c1oc(-c2ccc(F)cc2)nn1Cc1cc(-c2ccccc2)no1. The van der Waals surface area contributed by atoms with Gasteiger partial charge in [-0.15, -0.1) is 5.10 Å². The first-order valence-electron chi connectivity index (χ1n) is 7.54. The standard InChI is InChI=1S/C18H12FN3O3/c19-14-8-6-13(7-9-14)17-20-22(18(23)24-17)11-15-10-16(21-25-15)12-4-2-1-3-5-12/h1-10H,11H2. The highest BCUT2D eigenvalue weighted by molar-refractivity contribution is 5.58. The second-order valence-electron chi connectivity index (χ2n) is 5.38. The summed E-state index contributed by atoms with van der Waals surface area (Å²) in [5.74, 6) is -0.412. The van der Waals surface area contributed by atoms with Crippen LogP contribution in [0, 0.1) is 5.82 Å². The normalized spacial score (nSPS) is 10.9. The van der Waals surface area contributed by atoms with E-state index in [2.05, 4.69) is 10.3 Å². The fraction of sp³-hybridized carbons (Fsp3) is 0.0556. The molecule has 0 aliphatic heterocycles. The summed E-state index contributed by atoms with van der Waals surface area (Å²) < 4.78 is 24.5. The molecule has 0 spiro atoms. The summed E-state index contributed by atoms with van der Waals surface area (Å²) in [5.41, 5.74) is 2.10. The number of hydrogen-bond donors (Lipinski definition) is 0. The lowest BCUT2D eigenvalue weighted by atomic mass is 10.1. The molecular weight excluding hydrogens is 325 g/mol. The average molecular weight is 337 g/mol. The predicted molar refractivity (Wildman–Crippen MR) is 87.2 cm³/mol. The third kappa shape index (κ3) is 3.12. The Bertz CT molecular complexity index is 1050. The summed E-state index contributed by atoms with van der Waals surface area (Å²) in [6.07, 6.45) is 0. The van der Waals surface area contributed by atoms with Crippen molar-refractivity contribution < 1.29 is 13.3 Å². The molecule has 2 aromatic heterocycles. The van der Waals surface area contributed by atoms with Gasteiger partial charge in [-0.1, -0.05) is 35.5 Å². The monoisotopic (exact) mass is 337 g/mol. The number of nitrogens with zero attached hydrogens (tertiary/aromatic N) is 3. The molecule has 0 atom stereocenters.